The molecule has 1 aliphatic rings. The lowest BCUT2D eigenvalue weighted by molar-refractivity contribution is 0.0544. The Bertz CT molecular complexity index is 861. The van der Waals surface area contributed by atoms with Crippen LogP contribution in [0.25, 0.3) is 0 Å². The molecule has 1 saturated heterocycles. The largest absolute Gasteiger partial charge is 0.513 e. The Morgan fingerprint density at radius 3 is 2.10 bits per heavy atom. The molecule has 0 unspecified atom stereocenters. The van der Waals surface area contributed by atoms with Gasteiger partial charge in [0.05, 0.1) is 6.61 Å². The van der Waals surface area contributed by atoms with Gasteiger partial charge in [-0.2, -0.15) is 0 Å². The van der Waals surface area contributed by atoms with E-state index in [2.05, 4.69) is 0 Å². The van der Waals surface area contributed by atoms with Crippen LogP contribution in [-0.2, 0) is 16.1 Å². The maximum Gasteiger partial charge on any atom is 0.513 e. The number of amides is 2. The second-order valence-corrected chi connectivity index (χ2v) is 6.63. The summed E-state index contributed by atoms with van der Waals surface area (Å²) in [4.78, 5) is 39.5. The molecule has 158 valence electrons. The van der Waals surface area contributed by atoms with Crippen LogP contribution in [0.3, 0.4) is 0 Å². The van der Waals surface area contributed by atoms with E-state index in [0.29, 0.717) is 37.5 Å². The van der Waals surface area contributed by atoms with Crippen molar-refractivity contribution in [1.82, 2.24) is 9.80 Å². The molecule has 1 heterocycles. The van der Waals surface area contributed by atoms with Crippen molar-refractivity contribution in [1.29, 1.82) is 0 Å². The Morgan fingerprint density at radius 2 is 1.47 bits per heavy atom. The van der Waals surface area contributed by atoms with Gasteiger partial charge in [-0.25, -0.2) is 9.59 Å². The van der Waals surface area contributed by atoms with Gasteiger partial charge in [-0.05, 0) is 36.8 Å². The summed E-state index contributed by atoms with van der Waals surface area (Å²) < 4.78 is 15.0. The van der Waals surface area contributed by atoms with E-state index in [9.17, 15) is 14.4 Å². The van der Waals surface area contributed by atoms with E-state index in [0.717, 1.165) is 5.56 Å². The molecule has 0 spiro atoms. The number of carbonyl (C=O) groups is 3. The van der Waals surface area contributed by atoms with Crippen molar-refractivity contribution in [3.63, 3.8) is 0 Å². The lowest BCUT2D eigenvalue weighted by atomic mass is 10.1. The van der Waals surface area contributed by atoms with Crippen LogP contribution in [0.15, 0.2) is 54.6 Å². The molecule has 0 aliphatic carbocycles. The molecule has 0 atom stereocenters. The fraction of sp³-hybridized carbons (Fsp3) is 0.318. The molecular weight excluding hydrogens is 388 g/mol. The summed E-state index contributed by atoms with van der Waals surface area (Å²) in [7, 11) is 0. The summed E-state index contributed by atoms with van der Waals surface area (Å²) in [5.41, 5.74) is 1.40. The van der Waals surface area contributed by atoms with Gasteiger partial charge in [0, 0.05) is 31.7 Å². The quantitative estimate of drug-likeness (QED) is 0.553. The van der Waals surface area contributed by atoms with Gasteiger partial charge >= 0.3 is 12.2 Å². The molecule has 8 nitrogen and oxygen atoms in total. The van der Waals surface area contributed by atoms with Crippen molar-refractivity contribution < 1.29 is 28.6 Å². The summed E-state index contributed by atoms with van der Waals surface area (Å²) in [5, 5.41) is 0. The van der Waals surface area contributed by atoms with Crippen LogP contribution < -0.4 is 4.74 Å². The predicted molar refractivity (Wildman–Crippen MR) is 108 cm³/mol. The van der Waals surface area contributed by atoms with Gasteiger partial charge in [0.2, 0.25) is 0 Å². The number of rotatable bonds is 5. The minimum absolute atomic E-state index is 0.144. The molecule has 2 amide bonds. The van der Waals surface area contributed by atoms with E-state index >= 15 is 0 Å². The van der Waals surface area contributed by atoms with E-state index in [-0.39, 0.29) is 25.2 Å². The molecule has 0 bridgehead atoms. The molecule has 3 rings (SSSR count). The van der Waals surface area contributed by atoms with Crippen molar-refractivity contribution in [2.24, 2.45) is 0 Å². The lowest BCUT2D eigenvalue weighted by Gasteiger charge is -2.34. The Kier molecular flexibility index (Phi) is 7.26. The summed E-state index contributed by atoms with van der Waals surface area (Å²) in [6.45, 7) is 3.78. The highest BCUT2D eigenvalue weighted by Gasteiger charge is 2.25. The van der Waals surface area contributed by atoms with Crippen LogP contribution in [0.2, 0.25) is 0 Å². The lowest BCUT2D eigenvalue weighted by Crippen LogP contribution is -2.50. The zero-order valence-electron chi connectivity index (χ0n) is 16.8. The van der Waals surface area contributed by atoms with E-state index in [1.165, 1.54) is 0 Å². The minimum Gasteiger partial charge on any atom is -0.445 e. The number of ether oxygens (including phenoxy) is 3. The van der Waals surface area contributed by atoms with Gasteiger partial charge in [0.25, 0.3) is 5.91 Å². The highest BCUT2D eigenvalue weighted by molar-refractivity contribution is 5.94. The first-order chi connectivity index (χ1) is 14.6. The zero-order valence-corrected chi connectivity index (χ0v) is 16.8. The first kappa shape index (κ1) is 21.2. The molecule has 0 N–H and O–H groups in total. The van der Waals surface area contributed by atoms with E-state index in [1.807, 2.05) is 30.3 Å². The first-order valence-corrected chi connectivity index (χ1v) is 9.76. The van der Waals surface area contributed by atoms with Gasteiger partial charge in [-0.3, -0.25) is 4.79 Å². The van der Waals surface area contributed by atoms with Gasteiger partial charge in [-0.15, -0.1) is 0 Å². The van der Waals surface area contributed by atoms with Crippen LogP contribution in [0.4, 0.5) is 9.59 Å². The van der Waals surface area contributed by atoms with Crippen LogP contribution in [0.1, 0.15) is 22.8 Å². The number of carbonyl (C=O) groups excluding carboxylic acids is 3. The van der Waals surface area contributed by atoms with Gasteiger partial charge in [-0.1, -0.05) is 30.3 Å². The highest BCUT2D eigenvalue weighted by Crippen LogP contribution is 2.16. The van der Waals surface area contributed by atoms with Gasteiger partial charge in [0.15, 0.2) is 0 Å². The second kappa shape index (κ2) is 10.3. The van der Waals surface area contributed by atoms with E-state index in [4.69, 9.17) is 14.2 Å². The molecule has 0 saturated carbocycles. The molecule has 8 heteroatoms. The van der Waals surface area contributed by atoms with Crippen molar-refractivity contribution in [2.75, 3.05) is 32.8 Å². The third-order valence-corrected chi connectivity index (χ3v) is 4.59. The van der Waals surface area contributed by atoms with Gasteiger partial charge < -0.3 is 24.0 Å². The molecule has 30 heavy (non-hydrogen) atoms. The van der Waals surface area contributed by atoms with Gasteiger partial charge in [0.1, 0.15) is 12.4 Å². The smallest absolute Gasteiger partial charge is 0.445 e. The maximum absolute atomic E-state index is 12.7. The minimum atomic E-state index is -0.785. The normalized spacial score (nSPS) is 13.5. The molecule has 0 aromatic heterocycles. The van der Waals surface area contributed by atoms with E-state index < -0.39 is 6.16 Å². The fourth-order valence-corrected chi connectivity index (χ4v) is 2.99. The molecular formula is C22H24N2O6. The van der Waals surface area contributed by atoms with Crippen molar-refractivity contribution >= 4 is 18.2 Å². The average Bonchev–Trinajstić information content (AvgIpc) is 2.78. The van der Waals surface area contributed by atoms with Crippen LogP contribution in [-0.4, -0.2) is 60.7 Å². The Labute approximate surface area is 174 Å². The number of nitrogens with zero attached hydrogens (tertiary/aromatic N) is 2. The van der Waals surface area contributed by atoms with Crippen molar-refractivity contribution in [3.8, 4) is 5.75 Å². The van der Waals surface area contributed by atoms with Crippen molar-refractivity contribution in [3.05, 3.63) is 65.7 Å². The first-order valence-electron chi connectivity index (χ1n) is 9.76. The zero-order chi connectivity index (χ0) is 21.3. The number of piperazine rings is 1. The molecule has 1 fully saturated rings. The van der Waals surface area contributed by atoms with Crippen LogP contribution in [0, 0.1) is 0 Å². The molecule has 1 aliphatic heterocycles. The standard InChI is InChI=1S/C22H24N2O6/c1-2-28-22(27)30-19-10-8-18(9-11-19)20(25)23-12-14-24(15-13-23)21(26)29-16-17-6-4-3-5-7-17/h3-11H,2,12-16H2,1H3. The average molecular weight is 412 g/mol. The Hall–Kier alpha value is -3.55. The monoisotopic (exact) mass is 412 g/mol. The Morgan fingerprint density at radius 1 is 0.833 bits per heavy atom. The topological polar surface area (TPSA) is 85.4 Å². The van der Waals surface area contributed by atoms with E-state index in [1.54, 1.807) is 41.0 Å². The molecule has 0 radical (unpaired) electrons. The third kappa shape index (κ3) is 5.73. The summed E-state index contributed by atoms with van der Waals surface area (Å²) in [5.74, 6) is 0.158. The summed E-state index contributed by atoms with van der Waals surface area (Å²) >= 11 is 0. The molecule has 2 aromatic rings. The number of hydrogen-bond donors (Lipinski definition) is 0. The number of hydrogen-bond acceptors (Lipinski definition) is 6. The fourth-order valence-electron chi connectivity index (χ4n) is 2.99. The third-order valence-electron chi connectivity index (χ3n) is 4.59. The molecule has 2 aromatic carbocycles. The summed E-state index contributed by atoms with van der Waals surface area (Å²) in [6.07, 6.45) is -1.17. The highest BCUT2D eigenvalue weighted by atomic mass is 16.7. The Balaban J connectivity index is 1.46. The second-order valence-electron chi connectivity index (χ2n) is 6.63. The van der Waals surface area contributed by atoms with Crippen LogP contribution in [0.5, 0.6) is 5.75 Å². The van der Waals surface area contributed by atoms with Crippen LogP contribution >= 0.6 is 0 Å². The SMILES string of the molecule is CCOC(=O)Oc1ccc(C(=O)N2CCN(C(=O)OCc3ccccc3)CC2)cc1. The summed E-state index contributed by atoms with van der Waals surface area (Å²) in [6, 6.07) is 15.8. The van der Waals surface area contributed by atoms with Crippen molar-refractivity contribution in [2.45, 2.75) is 13.5 Å². The maximum atomic E-state index is 12.7. The predicted octanol–water partition coefficient (Wildman–Crippen LogP) is 3.32. The number of benzene rings is 2.